The fourth-order valence-electron chi connectivity index (χ4n) is 2.01. The Labute approximate surface area is 687 Å². The number of nitrogens with zero attached hydrogens (tertiary/aromatic N) is 6. The van der Waals surface area contributed by atoms with Gasteiger partial charge in [0.25, 0.3) is 0 Å². The topological polar surface area (TPSA) is 364 Å². The molecular weight excluding hydrogens is 4280 g/mol. The summed E-state index contributed by atoms with van der Waals surface area (Å²) in [4.78, 5) is 0. The molecule has 0 aromatic rings. The van der Waals surface area contributed by atoms with Crippen molar-refractivity contribution in [3.8, 4) is 35.8 Å². The second-order valence-electron chi connectivity index (χ2n) is 8.31. The fourth-order valence-corrected chi connectivity index (χ4v) is 31.2. The summed E-state index contributed by atoms with van der Waals surface area (Å²) in [6, 6.07) is 0. The second-order valence-corrected chi connectivity index (χ2v) is 31.6. The Morgan fingerprint density at radius 3 is 0.318 bits per heavy atom. The molecule has 0 heterocycles. The summed E-state index contributed by atoms with van der Waals surface area (Å²) in [5.41, 5.74) is 0. The molecule has 66 heavy (non-hydrogen) atoms. The average molecular weight is 4280 g/mol. The molecule has 0 amide bonds. The molecular formula is C6B12Hg18N6O24. The third-order valence-corrected chi connectivity index (χ3v) is 24.3. The maximum atomic E-state index is 8.42. The molecule has 0 fully saturated rings. The van der Waals surface area contributed by atoms with E-state index in [1.807, 2.05) is 35.8 Å². The first-order chi connectivity index (χ1) is 31.7. The molecule has 0 aliphatic rings. The van der Waals surface area contributed by atoms with Gasteiger partial charge < -0.3 is 0 Å². The zero-order valence-electron chi connectivity index (χ0n) is 35.1. The zero-order chi connectivity index (χ0) is 52.1. The van der Waals surface area contributed by atoms with Gasteiger partial charge in [-0.15, -0.1) is 0 Å². The van der Waals surface area contributed by atoms with Crippen molar-refractivity contribution in [1.29, 1.82) is 31.6 Å². The third-order valence-electron chi connectivity index (χ3n) is 4.58. The van der Waals surface area contributed by atoms with Crippen LogP contribution in [0, 0.1) is 67.4 Å². The van der Waals surface area contributed by atoms with Gasteiger partial charge in [-0.1, -0.05) is 0 Å². The van der Waals surface area contributed by atoms with E-state index in [2.05, 4.69) is 0 Å². The van der Waals surface area contributed by atoms with Crippen molar-refractivity contribution in [2.45, 2.75) is 0 Å². The molecule has 0 aliphatic heterocycles. The molecule has 0 radical (unpaired) electrons. The van der Waals surface area contributed by atoms with Gasteiger partial charge in [0.1, 0.15) is 0 Å². The first kappa shape index (κ1) is 90.8. The molecule has 0 unspecified atom stereocenters. The van der Waals surface area contributed by atoms with E-state index in [-0.39, 0.29) is 478 Å². The quantitative estimate of drug-likeness (QED) is 0.0604. The standard InChI is InChI=1S/6CB2NO4.18Hg/c6*4-1-2(5)8-3(6)7;;;;;;;;;;;;;;;;;;/q6*-3;18*+1. The predicted molar refractivity (Wildman–Crippen MR) is 129 cm³/mol. The molecule has 0 spiro atoms. The number of hydrogen-bond acceptors (Lipinski definition) is 30. The summed E-state index contributed by atoms with van der Waals surface area (Å²) < 4.78 is 118. The summed E-state index contributed by atoms with van der Waals surface area (Å²) >= 11 is 2.44. The molecule has 270 valence electrons. The van der Waals surface area contributed by atoms with Crippen LogP contribution >= 0.6 is 0 Å². The van der Waals surface area contributed by atoms with Crippen molar-refractivity contribution >= 4 is 86.6 Å². The molecule has 0 bridgehead atoms. The number of hydrogen-bond donors (Lipinski definition) is 0. The van der Waals surface area contributed by atoms with Crippen LogP contribution in [0.4, 0.5) is 0 Å². The van der Waals surface area contributed by atoms with Crippen LogP contribution in [0.3, 0.4) is 0 Å². The Hall–Kier alpha value is 13.6. The predicted octanol–water partition coefficient (Wildman–Crippen LogP) is -6.16. The molecule has 0 N–H and O–H groups in total. The first-order valence-corrected chi connectivity index (χ1v) is 55.7. The van der Waals surface area contributed by atoms with Gasteiger partial charge in [0.05, 0.1) is 0 Å². The van der Waals surface area contributed by atoms with Crippen molar-refractivity contribution in [1.82, 2.24) is 0 Å². The van der Waals surface area contributed by atoms with E-state index in [0.717, 1.165) is 0 Å². The van der Waals surface area contributed by atoms with E-state index in [4.69, 9.17) is 105 Å². The molecule has 0 atom stereocenters. The number of nitriles is 6. The minimum absolute atomic E-state index is 0.0961. The van der Waals surface area contributed by atoms with E-state index in [9.17, 15) is 0 Å². The Kier molecular flexibility index (Phi) is 103. The monoisotopic (exact) mass is 4310 g/mol. The summed E-state index contributed by atoms with van der Waals surface area (Å²) in [7, 11) is -8.80. The van der Waals surface area contributed by atoms with E-state index in [0.29, 0.717) is 0 Å². The van der Waals surface area contributed by atoms with Gasteiger partial charge in [0.15, 0.2) is 0 Å². The third kappa shape index (κ3) is 62.1. The molecule has 0 saturated heterocycles. The van der Waals surface area contributed by atoms with Crippen LogP contribution in [0.5, 0.6) is 0 Å². The fraction of sp³-hybridized carbons (Fsp3) is 0. The van der Waals surface area contributed by atoms with Gasteiger partial charge in [0, 0.05) is 0 Å². The summed E-state index contributed by atoms with van der Waals surface area (Å²) in [6.07, 6.45) is 0. The number of rotatable bonds is 30. The Bertz CT molecular complexity index is 1070. The van der Waals surface area contributed by atoms with Gasteiger partial charge in [0.2, 0.25) is 0 Å². The van der Waals surface area contributed by atoms with Crippen LogP contribution < -0.4 is 0 Å². The molecule has 0 aliphatic carbocycles. The average Bonchev–Trinajstić information content (AvgIpc) is 3.37. The van der Waals surface area contributed by atoms with E-state index in [1.165, 1.54) is 0 Å². The van der Waals surface area contributed by atoms with Crippen molar-refractivity contribution in [3.05, 3.63) is 0 Å². The van der Waals surface area contributed by atoms with Crippen LogP contribution in [0.1, 0.15) is 0 Å². The molecule has 30 nitrogen and oxygen atoms in total. The van der Waals surface area contributed by atoms with E-state index >= 15 is 0 Å². The van der Waals surface area contributed by atoms with Crippen LogP contribution in [-0.4, -0.2) is 86.6 Å². The zero-order valence-corrected chi connectivity index (χ0v) is 134. The summed E-state index contributed by atoms with van der Waals surface area (Å²) in [5, 5.41) is 50.5. The molecule has 0 aromatic heterocycles. The van der Waals surface area contributed by atoms with Gasteiger partial charge in [-0.3, -0.25) is 0 Å². The normalized spacial score (nSPS) is 9.18. The van der Waals surface area contributed by atoms with Crippen molar-refractivity contribution in [3.63, 3.8) is 0 Å². The van der Waals surface area contributed by atoms with Gasteiger partial charge in [-0.2, -0.15) is 0 Å². The molecule has 0 rings (SSSR count). The maximum absolute atomic E-state index is 8.42. The van der Waals surface area contributed by atoms with Crippen molar-refractivity contribution < 1.29 is 552 Å². The second kappa shape index (κ2) is 74.7. The molecule has 0 aromatic carbocycles. The van der Waals surface area contributed by atoms with Crippen LogP contribution in [0.25, 0.3) is 0 Å². The Morgan fingerprint density at radius 2 is 0.273 bits per heavy atom. The Morgan fingerprint density at radius 1 is 0.182 bits per heavy atom. The minimum atomic E-state index is -0.810. The van der Waals surface area contributed by atoms with Gasteiger partial charge >= 0.3 is 706 Å². The molecule has 0 saturated carbocycles. The van der Waals surface area contributed by atoms with Crippen LogP contribution in [0.2, 0.25) is 0 Å². The SMILES string of the molecule is N#CB([O][Hg])OB([O][Hg])[O][Hg].N#CB([O][Hg])OB([O][Hg])[O][Hg].N#CB([O][Hg])OB([O][Hg])[O][Hg].N#CB([O][Hg])OB([O][Hg])[O][Hg].N#CB([O][Hg])OB([O][Hg])[O][Hg].N#CB([O][Hg])OB([O][Hg])[O][Hg]. The van der Waals surface area contributed by atoms with Gasteiger partial charge in [-0.25, -0.2) is 0 Å². The van der Waals surface area contributed by atoms with Crippen molar-refractivity contribution in [2.75, 3.05) is 0 Å². The van der Waals surface area contributed by atoms with Crippen LogP contribution in [-0.2, 0) is 552 Å². The summed E-state index contributed by atoms with van der Waals surface area (Å²) in [5.74, 6) is 11.0. The van der Waals surface area contributed by atoms with Crippen molar-refractivity contribution in [2.24, 2.45) is 0 Å². The van der Waals surface area contributed by atoms with E-state index < -0.39 is 86.6 Å². The molecule has 60 heteroatoms. The first-order valence-electron chi connectivity index (χ1n) is 15.3. The Balaban J connectivity index is -0.000000164. The van der Waals surface area contributed by atoms with E-state index in [1.54, 1.807) is 0 Å². The van der Waals surface area contributed by atoms with Crippen LogP contribution in [0.15, 0.2) is 0 Å². The van der Waals surface area contributed by atoms with Gasteiger partial charge in [-0.05, 0) is 0 Å². The summed E-state index contributed by atoms with van der Waals surface area (Å²) in [6.45, 7) is 0.